The summed E-state index contributed by atoms with van der Waals surface area (Å²) in [5.74, 6) is 0.802. The summed E-state index contributed by atoms with van der Waals surface area (Å²) in [4.78, 5) is 16.4. The van der Waals surface area contributed by atoms with Gasteiger partial charge in [0.25, 0.3) is 0 Å². The first kappa shape index (κ1) is 17.8. The number of nitrogens with zero attached hydrogens (tertiary/aromatic N) is 1. The van der Waals surface area contributed by atoms with Crippen LogP contribution >= 0.6 is 11.6 Å². The lowest BCUT2D eigenvalue weighted by Gasteiger charge is -2.13. The van der Waals surface area contributed by atoms with Gasteiger partial charge in [-0.3, -0.25) is 5.32 Å². The molecule has 3 aromatic rings. The van der Waals surface area contributed by atoms with Crippen LogP contribution in [0, 0.1) is 6.92 Å². The van der Waals surface area contributed by atoms with Gasteiger partial charge in [-0.15, -0.1) is 0 Å². The minimum Gasteiger partial charge on any atom is -0.485 e. The van der Waals surface area contributed by atoms with Crippen LogP contribution in [0.5, 0.6) is 5.75 Å². The average Bonchev–Trinajstić information content (AvgIpc) is 2.64. The fraction of sp³-hybridized carbons (Fsp3) is 0.100. The van der Waals surface area contributed by atoms with Crippen LogP contribution in [0.4, 0.5) is 16.3 Å². The summed E-state index contributed by atoms with van der Waals surface area (Å²) < 4.78 is 5.78. The number of hydrogen-bond donors (Lipinski definition) is 2. The predicted molar refractivity (Wildman–Crippen MR) is 104 cm³/mol. The van der Waals surface area contributed by atoms with E-state index in [1.165, 1.54) is 0 Å². The number of rotatable bonds is 5. The number of aromatic nitrogens is 1. The topological polar surface area (TPSA) is 63.2 Å². The van der Waals surface area contributed by atoms with Gasteiger partial charge in [0.1, 0.15) is 6.61 Å². The van der Waals surface area contributed by atoms with E-state index in [0.29, 0.717) is 22.3 Å². The van der Waals surface area contributed by atoms with Crippen molar-refractivity contribution < 1.29 is 9.53 Å². The molecule has 0 atom stereocenters. The van der Waals surface area contributed by atoms with Crippen molar-refractivity contribution in [1.29, 1.82) is 0 Å². The van der Waals surface area contributed by atoms with Gasteiger partial charge in [0.05, 0.1) is 0 Å². The highest BCUT2D eigenvalue weighted by Crippen LogP contribution is 2.24. The van der Waals surface area contributed by atoms with Crippen molar-refractivity contribution >= 4 is 29.1 Å². The van der Waals surface area contributed by atoms with E-state index >= 15 is 0 Å². The molecule has 132 valence electrons. The molecular formula is C20H18ClN3O2. The number of pyridine rings is 1. The highest BCUT2D eigenvalue weighted by Gasteiger charge is 2.10. The molecule has 26 heavy (non-hydrogen) atoms. The Balaban J connectivity index is 1.65. The van der Waals surface area contributed by atoms with E-state index in [9.17, 15) is 4.79 Å². The van der Waals surface area contributed by atoms with E-state index in [0.717, 1.165) is 11.1 Å². The van der Waals surface area contributed by atoms with Gasteiger partial charge in [0.2, 0.25) is 0 Å². The lowest BCUT2D eigenvalue weighted by atomic mass is 10.2. The first-order valence-corrected chi connectivity index (χ1v) is 8.45. The Hall–Kier alpha value is -3.05. The first-order chi connectivity index (χ1) is 12.6. The fourth-order valence-corrected chi connectivity index (χ4v) is 2.47. The molecule has 0 aliphatic rings. The van der Waals surface area contributed by atoms with E-state index in [1.807, 2.05) is 49.4 Å². The van der Waals surface area contributed by atoms with Crippen molar-refractivity contribution in [2.45, 2.75) is 13.5 Å². The van der Waals surface area contributed by atoms with Gasteiger partial charge in [0, 0.05) is 22.5 Å². The van der Waals surface area contributed by atoms with Crippen molar-refractivity contribution in [1.82, 2.24) is 4.98 Å². The summed E-state index contributed by atoms with van der Waals surface area (Å²) in [5.41, 5.74) is 2.67. The Bertz CT molecular complexity index is 898. The Kier molecular flexibility index (Phi) is 5.71. The number of ether oxygens (including phenoxy) is 1. The van der Waals surface area contributed by atoms with Crippen LogP contribution in [0.3, 0.4) is 0 Å². The second kappa shape index (κ2) is 8.36. The van der Waals surface area contributed by atoms with Crippen LogP contribution in [-0.4, -0.2) is 11.0 Å². The van der Waals surface area contributed by atoms with E-state index in [4.69, 9.17) is 16.3 Å². The van der Waals surface area contributed by atoms with E-state index in [2.05, 4.69) is 15.6 Å². The van der Waals surface area contributed by atoms with Crippen molar-refractivity contribution in [2.75, 3.05) is 10.6 Å². The normalized spacial score (nSPS) is 10.2. The molecule has 2 amide bonds. The second-order valence-electron chi connectivity index (χ2n) is 5.68. The molecule has 0 aliphatic carbocycles. The number of aryl methyl sites for hydroxylation is 1. The number of amides is 2. The van der Waals surface area contributed by atoms with Crippen molar-refractivity contribution in [3.8, 4) is 5.75 Å². The van der Waals surface area contributed by atoms with Gasteiger partial charge in [-0.25, -0.2) is 9.78 Å². The Morgan fingerprint density at radius 3 is 2.58 bits per heavy atom. The molecule has 0 aliphatic heterocycles. The molecule has 0 unspecified atom stereocenters. The van der Waals surface area contributed by atoms with Crippen LogP contribution in [-0.2, 0) is 6.61 Å². The zero-order chi connectivity index (χ0) is 18.4. The molecule has 1 heterocycles. The monoisotopic (exact) mass is 367 g/mol. The molecule has 5 nitrogen and oxygen atoms in total. The SMILES string of the molecule is Cc1ccc(NC(=O)Nc2ncccc2OCc2ccccc2Cl)cc1. The average molecular weight is 368 g/mol. The molecule has 0 saturated heterocycles. The minimum absolute atomic E-state index is 0.277. The largest absolute Gasteiger partial charge is 0.485 e. The number of urea groups is 1. The molecule has 2 aromatic carbocycles. The molecule has 3 rings (SSSR count). The lowest BCUT2D eigenvalue weighted by molar-refractivity contribution is 0.261. The number of carbonyl (C=O) groups excluding carboxylic acids is 1. The van der Waals surface area contributed by atoms with E-state index < -0.39 is 6.03 Å². The van der Waals surface area contributed by atoms with Gasteiger partial charge in [-0.2, -0.15) is 0 Å². The Labute approximate surface area is 157 Å². The predicted octanol–water partition coefficient (Wildman–Crippen LogP) is 5.27. The molecular weight excluding hydrogens is 350 g/mol. The van der Waals surface area contributed by atoms with Crippen LogP contribution in [0.1, 0.15) is 11.1 Å². The standard InChI is InChI=1S/C20H18ClN3O2/c1-14-8-10-16(11-9-14)23-20(25)24-19-18(7-4-12-22-19)26-13-15-5-2-3-6-17(15)21/h2-12H,13H2,1H3,(H2,22,23,24,25). The van der Waals surface area contributed by atoms with Gasteiger partial charge in [0.15, 0.2) is 11.6 Å². The van der Waals surface area contributed by atoms with Crippen LogP contribution in [0.25, 0.3) is 0 Å². The molecule has 0 radical (unpaired) electrons. The second-order valence-corrected chi connectivity index (χ2v) is 6.08. The number of halogens is 1. The van der Waals surface area contributed by atoms with Gasteiger partial charge in [-0.1, -0.05) is 47.5 Å². The Morgan fingerprint density at radius 1 is 1.04 bits per heavy atom. The third kappa shape index (κ3) is 4.74. The number of benzene rings is 2. The summed E-state index contributed by atoms with van der Waals surface area (Å²) in [5, 5.41) is 6.09. The number of nitrogens with one attached hydrogen (secondary N) is 2. The zero-order valence-corrected chi connectivity index (χ0v) is 15.0. The number of anilines is 2. The van der Waals surface area contributed by atoms with Crippen LogP contribution in [0.2, 0.25) is 5.02 Å². The highest BCUT2D eigenvalue weighted by molar-refractivity contribution is 6.31. The molecule has 6 heteroatoms. The van der Waals surface area contributed by atoms with Crippen molar-refractivity contribution in [3.63, 3.8) is 0 Å². The lowest BCUT2D eigenvalue weighted by Crippen LogP contribution is -2.20. The van der Waals surface area contributed by atoms with E-state index in [1.54, 1.807) is 24.4 Å². The van der Waals surface area contributed by atoms with E-state index in [-0.39, 0.29) is 6.61 Å². The molecule has 0 bridgehead atoms. The summed E-state index contributed by atoms with van der Waals surface area (Å²) >= 11 is 6.14. The zero-order valence-electron chi connectivity index (χ0n) is 14.2. The summed E-state index contributed by atoms with van der Waals surface area (Å²) in [7, 11) is 0. The van der Waals surface area contributed by atoms with Crippen LogP contribution < -0.4 is 15.4 Å². The summed E-state index contributed by atoms with van der Waals surface area (Å²) in [6.45, 7) is 2.26. The van der Waals surface area contributed by atoms with Crippen molar-refractivity contribution in [2.24, 2.45) is 0 Å². The van der Waals surface area contributed by atoms with Gasteiger partial charge >= 0.3 is 6.03 Å². The van der Waals surface area contributed by atoms with Crippen molar-refractivity contribution in [3.05, 3.63) is 83.0 Å². The fourth-order valence-electron chi connectivity index (χ4n) is 2.28. The third-order valence-corrected chi connectivity index (χ3v) is 4.02. The smallest absolute Gasteiger partial charge is 0.324 e. The third-order valence-electron chi connectivity index (χ3n) is 3.65. The maximum absolute atomic E-state index is 12.2. The molecule has 0 fully saturated rings. The summed E-state index contributed by atoms with van der Waals surface area (Å²) in [6, 6.07) is 18.0. The van der Waals surface area contributed by atoms with Gasteiger partial charge < -0.3 is 10.1 Å². The molecule has 1 aromatic heterocycles. The minimum atomic E-state index is -0.393. The molecule has 2 N–H and O–H groups in total. The van der Waals surface area contributed by atoms with Gasteiger partial charge in [-0.05, 0) is 37.3 Å². The molecule has 0 saturated carbocycles. The number of hydrogen-bond acceptors (Lipinski definition) is 3. The maximum Gasteiger partial charge on any atom is 0.324 e. The molecule has 0 spiro atoms. The highest BCUT2D eigenvalue weighted by atomic mass is 35.5. The quantitative estimate of drug-likeness (QED) is 0.646. The van der Waals surface area contributed by atoms with Crippen LogP contribution in [0.15, 0.2) is 66.9 Å². The Morgan fingerprint density at radius 2 is 1.81 bits per heavy atom. The number of carbonyl (C=O) groups is 1. The summed E-state index contributed by atoms with van der Waals surface area (Å²) in [6.07, 6.45) is 1.59. The first-order valence-electron chi connectivity index (χ1n) is 8.08. The maximum atomic E-state index is 12.2.